The van der Waals surface area contributed by atoms with Crippen molar-refractivity contribution in [1.29, 1.82) is 0 Å². The van der Waals surface area contributed by atoms with Crippen molar-refractivity contribution in [3.63, 3.8) is 0 Å². The average Bonchev–Trinajstić information content (AvgIpc) is 2.92. The van der Waals surface area contributed by atoms with Gasteiger partial charge in [0.1, 0.15) is 28.8 Å². The van der Waals surface area contributed by atoms with Crippen LogP contribution in [-0.4, -0.2) is 63.9 Å². The van der Waals surface area contributed by atoms with Crippen molar-refractivity contribution in [1.82, 2.24) is 0 Å². The highest BCUT2D eigenvalue weighted by atomic mass is 16.5. The highest BCUT2D eigenvalue weighted by Crippen LogP contribution is 2.51. The van der Waals surface area contributed by atoms with Crippen molar-refractivity contribution < 1.29 is 49.1 Å². The first-order chi connectivity index (χ1) is 19.9. The minimum atomic E-state index is -1.50. The second-order valence-corrected chi connectivity index (χ2v) is 10.5. The number of fused-ring (bicyclic) bond motifs is 3. The molecule has 10 nitrogen and oxygen atoms in total. The van der Waals surface area contributed by atoms with Gasteiger partial charge < -0.3 is 29.9 Å². The molecular weight excluding hydrogens is 544 g/mol. The number of phenolic OH excluding ortho intramolecular Hbond substituents is 3. The Balaban J connectivity index is 1.73. The number of Topliss-reactive ketones (excluding diaryl/α,β-unsaturated/α-hetero) is 2. The summed E-state index contributed by atoms with van der Waals surface area (Å²) in [5, 5.41) is 43.2. The summed E-state index contributed by atoms with van der Waals surface area (Å²) in [5.41, 5.74) is -1.30. The van der Waals surface area contributed by atoms with Crippen LogP contribution in [0.3, 0.4) is 0 Å². The van der Waals surface area contributed by atoms with Gasteiger partial charge in [-0.2, -0.15) is 0 Å². The van der Waals surface area contributed by atoms with Crippen LogP contribution in [0.2, 0.25) is 0 Å². The second kappa shape index (κ2) is 9.15. The first kappa shape index (κ1) is 27.0. The Morgan fingerprint density at radius 1 is 0.619 bits per heavy atom. The third-order valence-electron chi connectivity index (χ3n) is 7.89. The van der Waals surface area contributed by atoms with E-state index in [-0.39, 0.29) is 68.0 Å². The summed E-state index contributed by atoms with van der Waals surface area (Å²) >= 11 is 0. The minimum Gasteiger partial charge on any atom is -0.507 e. The van der Waals surface area contributed by atoms with E-state index in [0.717, 1.165) is 6.07 Å². The third kappa shape index (κ3) is 3.48. The predicted octanol–water partition coefficient (Wildman–Crippen LogP) is 3.70. The Bertz CT molecular complexity index is 1910. The Labute approximate surface area is 238 Å². The van der Waals surface area contributed by atoms with E-state index in [0.29, 0.717) is 11.1 Å². The van der Waals surface area contributed by atoms with Gasteiger partial charge in [0.05, 0.1) is 37.0 Å². The molecule has 0 heterocycles. The highest BCUT2D eigenvalue weighted by molar-refractivity contribution is 6.36. The number of carbonyl (C=O) groups excluding carboxylic acids is 4. The molecule has 0 saturated carbocycles. The Kier molecular flexibility index (Phi) is 5.88. The number of rotatable bonds is 3. The van der Waals surface area contributed by atoms with Gasteiger partial charge in [0, 0.05) is 51.5 Å². The van der Waals surface area contributed by atoms with E-state index < -0.39 is 52.0 Å². The van der Waals surface area contributed by atoms with Crippen LogP contribution >= 0.6 is 0 Å². The van der Waals surface area contributed by atoms with E-state index >= 15 is 0 Å². The zero-order chi connectivity index (χ0) is 30.4. The lowest BCUT2D eigenvalue weighted by atomic mass is 9.70. The van der Waals surface area contributed by atoms with Gasteiger partial charge in [0.25, 0.3) is 0 Å². The van der Waals surface area contributed by atoms with Crippen molar-refractivity contribution in [3.05, 3.63) is 97.3 Å². The van der Waals surface area contributed by atoms with Crippen molar-refractivity contribution in [3.8, 4) is 23.0 Å². The lowest BCUT2D eigenvalue weighted by molar-refractivity contribution is 0.0921. The Hall–Kier alpha value is -5.22. The summed E-state index contributed by atoms with van der Waals surface area (Å²) in [6.07, 6.45) is -1.79. The maximum absolute atomic E-state index is 14.2. The topological polar surface area (TPSA) is 168 Å². The van der Waals surface area contributed by atoms with Crippen LogP contribution in [0.15, 0.2) is 47.2 Å². The molecule has 0 bridgehead atoms. The van der Waals surface area contributed by atoms with Crippen molar-refractivity contribution in [2.24, 2.45) is 0 Å². The van der Waals surface area contributed by atoms with Gasteiger partial charge in [0.2, 0.25) is 5.78 Å². The van der Waals surface area contributed by atoms with Gasteiger partial charge in [-0.15, -0.1) is 0 Å². The summed E-state index contributed by atoms with van der Waals surface area (Å²) in [5.74, 6) is -4.64. The molecule has 6 rings (SSSR count). The van der Waals surface area contributed by atoms with E-state index in [1.807, 2.05) is 0 Å². The fourth-order valence-electron chi connectivity index (χ4n) is 6.18. The zero-order valence-corrected chi connectivity index (χ0v) is 22.9. The number of aliphatic hydroxyl groups is 1. The number of ether oxygens (including phenoxy) is 2. The van der Waals surface area contributed by atoms with Crippen LogP contribution < -0.4 is 4.74 Å². The molecule has 0 unspecified atom stereocenters. The van der Waals surface area contributed by atoms with Gasteiger partial charge in [0.15, 0.2) is 17.3 Å². The number of phenols is 3. The molecule has 3 aromatic rings. The van der Waals surface area contributed by atoms with E-state index in [1.165, 1.54) is 38.5 Å². The average molecular weight is 569 g/mol. The molecule has 0 amide bonds. The monoisotopic (exact) mass is 568 g/mol. The molecule has 4 N–H and O–H groups in total. The number of allylic oxidation sites excluding steroid dienone is 2. The summed E-state index contributed by atoms with van der Waals surface area (Å²) in [4.78, 5) is 55.8. The van der Waals surface area contributed by atoms with E-state index in [2.05, 4.69) is 0 Å². The zero-order valence-electron chi connectivity index (χ0n) is 22.9. The predicted molar refractivity (Wildman–Crippen MR) is 147 cm³/mol. The largest absolute Gasteiger partial charge is 0.507 e. The van der Waals surface area contributed by atoms with Gasteiger partial charge >= 0.3 is 0 Å². The summed E-state index contributed by atoms with van der Waals surface area (Å²) in [6, 6.07) is 6.62. The molecule has 0 aliphatic heterocycles. The number of hydrogen-bond donors (Lipinski definition) is 4. The second-order valence-electron chi connectivity index (χ2n) is 10.5. The molecule has 42 heavy (non-hydrogen) atoms. The van der Waals surface area contributed by atoms with Gasteiger partial charge in [-0.25, -0.2) is 0 Å². The Morgan fingerprint density at radius 2 is 1.17 bits per heavy atom. The summed E-state index contributed by atoms with van der Waals surface area (Å²) < 4.78 is 11.2. The standard InChI is InChI=1S/C32H24O10/c1-11-5-13-21(15(33)7-11)31(39)23-17(35)9-19(41-3)25(27(23)29(13)37)26-20(42-4)10-18(36)24-28(26)30(38)14-6-12(2)8-16(34)22(14)32(24)40/h5-9,18,33-36H,10H2,1-4H3/t18-/m1/s1. The maximum Gasteiger partial charge on any atom is 0.201 e. The van der Waals surface area contributed by atoms with Crippen LogP contribution in [0.25, 0.3) is 5.57 Å². The molecule has 3 aromatic carbocycles. The number of aromatic hydroxyl groups is 3. The minimum absolute atomic E-state index is 0.0204. The van der Waals surface area contributed by atoms with Crippen LogP contribution in [-0.2, 0) is 4.74 Å². The first-order valence-corrected chi connectivity index (χ1v) is 12.9. The van der Waals surface area contributed by atoms with Crippen LogP contribution in [0.4, 0.5) is 0 Å². The molecule has 212 valence electrons. The summed E-state index contributed by atoms with van der Waals surface area (Å²) in [6.45, 7) is 3.26. The fraction of sp³-hybridized carbons (Fsp3) is 0.188. The SMILES string of the molecule is COC1=C(c2c(OC)cc(O)c3c2C(=O)c2cc(C)cc(O)c2C3=O)C2=C(C(=O)c3c(O)cc(C)cc3C2=O)[C@H](O)C1. The van der Waals surface area contributed by atoms with Crippen LogP contribution in [0.5, 0.6) is 23.0 Å². The van der Waals surface area contributed by atoms with Crippen molar-refractivity contribution >= 4 is 28.7 Å². The molecule has 3 aliphatic rings. The number of ketones is 4. The highest BCUT2D eigenvalue weighted by Gasteiger charge is 2.46. The van der Waals surface area contributed by atoms with Gasteiger partial charge in [-0.3, -0.25) is 19.2 Å². The van der Waals surface area contributed by atoms with E-state index in [4.69, 9.17) is 9.47 Å². The fourth-order valence-corrected chi connectivity index (χ4v) is 6.18. The number of hydrogen-bond acceptors (Lipinski definition) is 10. The first-order valence-electron chi connectivity index (χ1n) is 12.9. The molecular formula is C32H24O10. The van der Waals surface area contributed by atoms with Gasteiger partial charge in [-0.1, -0.05) is 0 Å². The molecule has 0 radical (unpaired) electrons. The molecule has 1 atom stereocenters. The molecule has 10 heteroatoms. The number of aryl methyl sites for hydroxylation is 2. The number of methoxy groups -OCH3 is 2. The number of carbonyl (C=O) groups is 4. The lowest BCUT2D eigenvalue weighted by Gasteiger charge is -2.33. The van der Waals surface area contributed by atoms with E-state index in [1.54, 1.807) is 13.8 Å². The lowest BCUT2D eigenvalue weighted by Crippen LogP contribution is -2.34. The smallest absolute Gasteiger partial charge is 0.201 e. The Morgan fingerprint density at radius 3 is 1.74 bits per heavy atom. The van der Waals surface area contributed by atoms with Gasteiger partial charge in [-0.05, 0) is 49.2 Å². The molecule has 0 aromatic heterocycles. The van der Waals surface area contributed by atoms with E-state index in [9.17, 15) is 39.6 Å². The van der Waals surface area contributed by atoms with Crippen LogP contribution in [0, 0.1) is 13.8 Å². The third-order valence-corrected chi connectivity index (χ3v) is 7.89. The maximum atomic E-state index is 14.2. The number of aliphatic hydroxyl groups excluding tert-OH is 1. The molecule has 0 spiro atoms. The van der Waals surface area contributed by atoms with Crippen molar-refractivity contribution in [2.75, 3.05) is 14.2 Å². The summed E-state index contributed by atoms with van der Waals surface area (Å²) in [7, 11) is 2.55. The molecule has 0 saturated heterocycles. The molecule has 0 fully saturated rings. The van der Waals surface area contributed by atoms with Crippen molar-refractivity contribution in [2.45, 2.75) is 26.4 Å². The quantitative estimate of drug-likeness (QED) is 0.286. The number of benzene rings is 3. The van der Waals surface area contributed by atoms with Crippen LogP contribution in [0.1, 0.15) is 75.7 Å². The normalized spacial score (nSPS) is 17.6. The molecule has 3 aliphatic carbocycles.